The van der Waals surface area contributed by atoms with Gasteiger partial charge in [0.15, 0.2) is 0 Å². The summed E-state index contributed by atoms with van der Waals surface area (Å²) >= 11 is 0. The molecule has 45 valence electrons. The van der Waals surface area contributed by atoms with Gasteiger partial charge in [-0.3, -0.25) is 0 Å². The van der Waals surface area contributed by atoms with Crippen LogP contribution >= 0.6 is 0 Å². The van der Waals surface area contributed by atoms with Gasteiger partial charge >= 0.3 is 17.1 Å². The van der Waals surface area contributed by atoms with E-state index in [-0.39, 0.29) is 22.5 Å². The molecule has 0 heterocycles. The Morgan fingerprint density at radius 1 is 1.14 bits per heavy atom. The molecule has 0 aromatic carbocycles. The van der Waals surface area contributed by atoms with E-state index in [0.29, 0.717) is 0 Å². The molecule has 0 aliphatic rings. The zero-order chi connectivity index (χ0) is 4.50. The molecule has 7 heteroatoms. The van der Waals surface area contributed by atoms with Crippen molar-refractivity contribution in [1.29, 1.82) is 0 Å². The first-order valence-corrected chi connectivity index (χ1v) is 2.57. The normalized spacial score (nSPS) is 8.57. The Labute approximate surface area is 51.5 Å². The van der Waals surface area contributed by atoms with Crippen molar-refractivity contribution in [3.05, 3.63) is 0 Å². The summed E-state index contributed by atoms with van der Waals surface area (Å²) in [4.78, 5) is 31.8. The second-order valence-corrected chi connectivity index (χ2v) is 1.65. The Morgan fingerprint density at radius 3 is 1.14 bits per heavy atom. The first-order valence-electron chi connectivity index (χ1n) is 0.855. The molecule has 0 spiro atoms. The smallest absolute Gasteiger partial charge is 0.870 e. The van der Waals surface area contributed by atoms with E-state index >= 15 is 0 Å². The molecule has 0 fully saturated rings. The van der Waals surface area contributed by atoms with Crippen molar-refractivity contribution in [2.45, 2.75) is 0 Å². The second kappa shape index (κ2) is 4.69. The molecule has 0 saturated heterocycles. The van der Waals surface area contributed by atoms with Gasteiger partial charge in [-0.05, 0) is 0 Å². The van der Waals surface area contributed by atoms with Crippen molar-refractivity contribution < 1.29 is 41.7 Å². The third-order valence-electron chi connectivity index (χ3n) is 0. The summed E-state index contributed by atoms with van der Waals surface area (Å²) in [5.74, 6) is 0. The van der Waals surface area contributed by atoms with Crippen LogP contribution < -0.4 is 9.59 Å². The van der Waals surface area contributed by atoms with Crippen LogP contribution in [0.3, 0.4) is 0 Å². The molecule has 0 aliphatic carbocycles. The van der Waals surface area contributed by atoms with E-state index in [1.54, 1.807) is 0 Å². The van der Waals surface area contributed by atoms with Crippen LogP contribution in [0.5, 0.6) is 0 Å². The number of rotatable bonds is 0. The van der Waals surface area contributed by atoms with Gasteiger partial charge in [0.2, 0.25) is 0 Å². The maximum Gasteiger partial charge on any atom is 3.00 e. The van der Waals surface area contributed by atoms with Crippen LogP contribution in [0, 0.1) is 0 Å². The molecule has 1 radical (unpaired) electrons. The van der Waals surface area contributed by atoms with Crippen LogP contribution in [0.15, 0.2) is 0 Å². The Bertz CT molecular complexity index is 23.6. The maximum absolute atomic E-state index is 8.80. The molecule has 0 aromatic rings. The summed E-state index contributed by atoms with van der Waals surface area (Å²) in [6.07, 6.45) is 0. The van der Waals surface area contributed by atoms with E-state index in [0.717, 1.165) is 0 Å². The summed E-state index contributed by atoms with van der Waals surface area (Å²) in [6, 6.07) is 0. The van der Waals surface area contributed by atoms with Crippen LogP contribution in [0.2, 0.25) is 0 Å². The number of hydrogen-bond acceptors (Lipinski definition) is 5. The quantitative estimate of drug-likeness (QED) is 0.356. The van der Waals surface area contributed by atoms with Crippen LogP contribution in [0.25, 0.3) is 0 Å². The summed E-state index contributed by atoms with van der Waals surface area (Å²) in [5, 5.41) is 0. The maximum atomic E-state index is 8.80. The third-order valence-corrected chi connectivity index (χ3v) is 0. The minimum Gasteiger partial charge on any atom is -0.870 e. The molecule has 0 aliphatic heterocycles. The van der Waals surface area contributed by atoms with Crippen molar-refractivity contribution in [1.82, 2.24) is 0 Å². The van der Waals surface area contributed by atoms with Crippen LogP contribution in [0.4, 0.5) is 0 Å². The van der Waals surface area contributed by atoms with Gasteiger partial charge in [-0.1, -0.05) is 0 Å². The number of hydrogen-bond donors (Lipinski definition) is 2. The minimum atomic E-state index is -5.11. The van der Waals surface area contributed by atoms with Gasteiger partial charge in [0.05, 0.1) is 0 Å². The minimum absolute atomic E-state index is 0. The topological polar surface area (TPSA) is 117 Å². The Kier molecular flexibility index (Phi) is 10.5. The molecular weight excluding hydrogens is 164 g/mol. The van der Waals surface area contributed by atoms with E-state index in [2.05, 4.69) is 0 Å². The summed E-state index contributed by atoms with van der Waals surface area (Å²) in [6.45, 7) is 0. The standard InChI is InChI=1S/Fe.H2O4Si.H2O/c;1-5(2,3)4;/h;1-2H;1H2/q+3;-2;/p-1. The molecule has 0 rings (SSSR count). The molecule has 0 saturated carbocycles. The summed E-state index contributed by atoms with van der Waals surface area (Å²) in [7, 11) is -5.11. The SMILES string of the molecule is [Fe+3].[O-][Si]([O-])(O)O.[OH-]. The van der Waals surface area contributed by atoms with E-state index in [1.807, 2.05) is 0 Å². The Morgan fingerprint density at radius 2 is 1.14 bits per heavy atom. The molecule has 7 heavy (non-hydrogen) atoms. The summed E-state index contributed by atoms with van der Waals surface area (Å²) < 4.78 is 0. The average Bonchev–Trinajstić information content (AvgIpc) is 0.722. The molecule has 5 nitrogen and oxygen atoms in total. The monoisotopic (exact) mass is 167 g/mol. The molecule has 0 unspecified atom stereocenters. The van der Waals surface area contributed by atoms with Gasteiger partial charge < -0.3 is 24.7 Å². The predicted octanol–water partition coefficient (Wildman–Crippen LogP) is -4.05. The van der Waals surface area contributed by atoms with Crippen molar-refractivity contribution in [3.8, 4) is 0 Å². The van der Waals surface area contributed by atoms with Crippen molar-refractivity contribution in [3.63, 3.8) is 0 Å². The van der Waals surface area contributed by atoms with Gasteiger partial charge in [0, 0.05) is 0 Å². The van der Waals surface area contributed by atoms with Crippen LogP contribution in [-0.2, 0) is 17.1 Å². The second-order valence-electron chi connectivity index (χ2n) is 0.548. The Hall–Kier alpha value is 0.536. The van der Waals surface area contributed by atoms with Crippen LogP contribution in [-0.4, -0.2) is 24.1 Å². The van der Waals surface area contributed by atoms with Crippen molar-refractivity contribution >= 4 is 9.05 Å². The van der Waals surface area contributed by atoms with Crippen molar-refractivity contribution in [2.75, 3.05) is 0 Å². The summed E-state index contributed by atoms with van der Waals surface area (Å²) in [5.41, 5.74) is 0. The van der Waals surface area contributed by atoms with Crippen molar-refractivity contribution in [2.24, 2.45) is 0 Å². The fraction of sp³-hybridized carbons (Fsp3) is 0. The van der Waals surface area contributed by atoms with E-state index < -0.39 is 9.05 Å². The zero-order valence-corrected chi connectivity index (χ0v) is 5.12. The van der Waals surface area contributed by atoms with E-state index in [1.165, 1.54) is 0 Å². The molecule has 3 N–H and O–H groups in total. The Balaban J connectivity index is -0.0000000800. The first kappa shape index (κ1) is 15.6. The van der Waals surface area contributed by atoms with Crippen LogP contribution in [0.1, 0.15) is 0 Å². The van der Waals surface area contributed by atoms with Gasteiger partial charge in [0.1, 0.15) is 9.05 Å². The first-order chi connectivity index (χ1) is 2.00. The molecule has 0 bridgehead atoms. The van der Waals surface area contributed by atoms with E-state index in [4.69, 9.17) is 19.2 Å². The fourth-order valence-corrected chi connectivity index (χ4v) is 0. The van der Waals surface area contributed by atoms with Gasteiger partial charge in [-0.2, -0.15) is 0 Å². The third kappa shape index (κ3) is 468. The fourth-order valence-electron chi connectivity index (χ4n) is 0. The zero-order valence-electron chi connectivity index (χ0n) is 3.01. The van der Waals surface area contributed by atoms with Gasteiger partial charge in [-0.15, -0.1) is 0 Å². The largest absolute Gasteiger partial charge is 3.00 e. The molecular formula is H3FeO5Si. The predicted molar refractivity (Wildman–Crippen MR) is 12.1 cm³/mol. The van der Waals surface area contributed by atoms with E-state index in [9.17, 15) is 0 Å². The molecule has 0 amide bonds. The molecule has 0 aromatic heterocycles. The van der Waals surface area contributed by atoms with Gasteiger partial charge in [-0.25, -0.2) is 0 Å². The molecule has 0 atom stereocenters. The van der Waals surface area contributed by atoms with Gasteiger partial charge in [0.25, 0.3) is 0 Å². The average molecular weight is 167 g/mol.